The lowest BCUT2D eigenvalue weighted by Crippen LogP contribution is -2.46. The van der Waals surface area contributed by atoms with E-state index in [1.807, 2.05) is 54.7 Å². The number of amides is 1. The molecule has 6 heteroatoms. The minimum Gasteiger partial charge on any atom is -0.462 e. The number of unbranched alkanes of at least 4 members (excludes halogenated alkanes) is 15. The van der Waals surface area contributed by atoms with Gasteiger partial charge in [0.15, 0.2) is 0 Å². The summed E-state index contributed by atoms with van der Waals surface area (Å²) in [5.41, 5.74) is 0. The third-order valence-electron chi connectivity index (χ3n) is 8.90. The normalized spacial score (nSPS) is 14.2. The second kappa shape index (κ2) is 38.5. The molecule has 0 heterocycles. The number of carbonyl (C=O) groups is 2. The van der Waals surface area contributed by atoms with Crippen LogP contribution in [-0.2, 0) is 14.3 Å². The maximum Gasteiger partial charge on any atom is 0.306 e. The maximum atomic E-state index is 13.0. The van der Waals surface area contributed by atoms with Gasteiger partial charge in [-0.1, -0.05) is 177 Å². The van der Waals surface area contributed by atoms with E-state index in [2.05, 4.69) is 44.3 Å². The SMILES string of the molecule is CC/C=C/C=C/C=C\C=C/C=C/CCCC(=O)OC(CCCCC/C=C\CCCC)CC(=O)NC(CO)C(O)CCCCCCCCCCCC. The van der Waals surface area contributed by atoms with Crippen molar-refractivity contribution in [1.29, 1.82) is 0 Å². The average Bonchev–Trinajstić information content (AvgIpc) is 3.12. The van der Waals surface area contributed by atoms with Gasteiger partial charge in [-0.15, -0.1) is 0 Å². The van der Waals surface area contributed by atoms with Crippen LogP contribution in [0.2, 0.25) is 0 Å². The summed E-state index contributed by atoms with van der Waals surface area (Å²) in [7, 11) is 0. The number of aliphatic hydroxyl groups is 2. The molecule has 0 radical (unpaired) electrons. The molecule has 0 saturated carbocycles. The van der Waals surface area contributed by atoms with Crippen LogP contribution in [0.3, 0.4) is 0 Å². The number of carbonyl (C=O) groups excluding carboxylic acids is 2. The summed E-state index contributed by atoms with van der Waals surface area (Å²) in [6, 6.07) is -0.720. The van der Waals surface area contributed by atoms with Gasteiger partial charge >= 0.3 is 5.97 Å². The maximum absolute atomic E-state index is 13.0. The van der Waals surface area contributed by atoms with Gasteiger partial charge in [-0.25, -0.2) is 0 Å². The van der Waals surface area contributed by atoms with Crippen LogP contribution in [-0.4, -0.2) is 46.9 Å². The van der Waals surface area contributed by atoms with Crippen molar-refractivity contribution in [2.45, 2.75) is 193 Å². The van der Waals surface area contributed by atoms with Crippen LogP contribution in [0.5, 0.6) is 0 Å². The molecule has 0 fully saturated rings. The molecule has 0 bridgehead atoms. The number of ether oxygens (including phenoxy) is 1. The van der Waals surface area contributed by atoms with Crippen LogP contribution < -0.4 is 5.32 Å². The average molecular weight is 712 g/mol. The molecule has 0 saturated heterocycles. The van der Waals surface area contributed by atoms with Gasteiger partial charge in [-0.05, 0) is 57.8 Å². The van der Waals surface area contributed by atoms with Crippen LogP contribution in [0.25, 0.3) is 0 Å². The Hall–Kier alpha value is -2.70. The topological polar surface area (TPSA) is 95.9 Å². The van der Waals surface area contributed by atoms with Gasteiger partial charge in [0, 0.05) is 6.42 Å². The number of esters is 1. The van der Waals surface area contributed by atoms with Gasteiger partial charge < -0.3 is 20.3 Å². The van der Waals surface area contributed by atoms with E-state index in [-0.39, 0.29) is 24.9 Å². The zero-order valence-corrected chi connectivity index (χ0v) is 33.0. The fourth-order valence-corrected chi connectivity index (χ4v) is 5.73. The van der Waals surface area contributed by atoms with Crippen LogP contribution in [0.4, 0.5) is 0 Å². The number of allylic oxidation sites excluding steroid dienone is 12. The van der Waals surface area contributed by atoms with Gasteiger partial charge in [0.05, 0.1) is 25.2 Å². The molecular formula is C45H77NO5. The largest absolute Gasteiger partial charge is 0.462 e. The Bertz CT molecular complexity index is 979. The molecule has 292 valence electrons. The molecule has 0 aliphatic heterocycles. The van der Waals surface area contributed by atoms with Crippen LogP contribution >= 0.6 is 0 Å². The highest BCUT2D eigenvalue weighted by Crippen LogP contribution is 2.16. The number of hydrogen-bond acceptors (Lipinski definition) is 5. The third kappa shape index (κ3) is 34.2. The first-order chi connectivity index (χ1) is 25.0. The molecule has 51 heavy (non-hydrogen) atoms. The van der Waals surface area contributed by atoms with Gasteiger partial charge in [0.2, 0.25) is 5.91 Å². The lowest BCUT2D eigenvalue weighted by Gasteiger charge is -2.24. The third-order valence-corrected chi connectivity index (χ3v) is 8.90. The predicted molar refractivity (Wildman–Crippen MR) is 218 cm³/mol. The fourth-order valence-electron chi connectivity index (χ4n) is 5.73. The Balaban J connectivity index is 4.74. The van der Waals surface area contributed by atoms with Crippen LogP contribution in [0.1, 0.15) is 175 Å². The molecular weight excluding hydrogens is 634 g/mol. The van der Waals surface area contributed by atoms with E-state index in [1.54, 1.807) is 0 Å². The summed E-state index contributed by atoms with van der Waals surface area (Å²) in [4.78, 5) is 25.8. The van der Waals surface area contributed by atoms with Crippen molar-refractivity contribution in [3.8, 4) is 0 Å². The van der Waals surface area contributed by atoms with Crippen molar-refractivity contribution in [3.05, 3.63) is 72.9 Å². The van der Waals surface area contributed by atoms with Gasteiger partial charge in [0.25, 0.3) is 0 Å². The molecule has 0 spiro atoms. The lowest BCUT2D eigenvalue weighted by molar-refractivity contribution is -0.151. The predicted octanol–water partition coefficient (Wildman–Crippen LogP) is 11.5. The summed E-state index contributed by atoms with van der Waals surface area (Å²) in [5, 5.41) is 23.5. The Morgan fingerprint density at radius 3 is 1.71 bits per heavy atom. The van der Waals surface area contributed by atoms with E-state index < -0.39 is 18.2 Å². The van der Waals surface area contributed by atoms with Crippen molar-refractivity contribution in [2.75, 3.05) is 6.61 Å². The summed E-state index contributed by atoms with van der Waals surface area (Å²) in [6.45, 7) is 6.22. The van der Waals surface area contributed by atoms with Crippen molar-refractivity contribution in [3.63, 3.8) is 0 Å². The standard InChI is InChI=1S/C45H77NO5/c1-4-7-10-13-16-19-21-22-23-26-29-32-35-38-45(50)51-41(36-33-30-27-24-18-15-12-9-6-3)39-44(49)46-42(40-47)43(48)37-34-31-28-25-20-17-14-11-8-5-2/h7,10,13,15-16,18-19,21-23,26,29,41-43,47-48H,4-6,8-9,11-12,14,17,20,24-25,27-28,30-40H2,1-3H3,(H,46,49)/b10-7+,16-13+,18-15-,21-19-,23-22-,29-26+. The summed E-state index contributed by atoms with van der Waals surface area (Å²) in [6.07, 6.45) is 46.8. The van der Waals surface area contributed by atoms with Crippen molar-refractivity contribution < 1.29 is 24.5 Å². The fraction of sp³-hybridized carbons (Fsp3) is 0.689. The molecule has 0 aliphatic carbocycles. The van der Waals surface area contributed by atoms with Crippen molar-refractivity contribution >= 4 is 11.9 Å². The second-order valence-corrected chi connectivity index (χ2v) is 13.8. The van der Waals surface area contributed by atoms with E-state index in [1.165, 1.54) is 57.8 Å². The first kappa shape index (κ1) is 48.3. The highest BCUT2D eigenvalue weighted by molar-refractivity contribution is 5.77. The molecule has 0 rings (SSSR count). The minimum absolute atomic E-state index is 0.0342. The van der Waals surface area contributed by atoms with Crippen LogP contribution in [0, 0.1) is 0 Å². The Kier molecular flexibility index (Phi) is 36.5. The highest BCUT2D eigenvalue weighted by atomic mass is 16.5. The monoisotopic (exact) mass is 712 g/mol. The summed E-state index contributed by atoms with van der Waals surface area (Å²) in [5.74, 6) is -0.591. The molecule has 0 aromatic rings. The molecule has 3 N–H and O–H groups in total. The van der Waals surface area contributed by atoms with Crippen molar-refractivity contribution in [2.24, 2.45) is 0 Å². The number of aliphatic hydroxyl groups excluding tert-OH is 2. The second-order valence-electron chi connectivity index (χ2n) is 13.8. The number of hydrogen-bond donors (Lipinski definition) is 3. The van der Waals surface area contributed by atoms with E-state index in [4.69, 9.17) is 4.74 Å². The Morgan fingerprint density at radius 1 is 0.588 bits per heavy atom. The molecule has 0 aromatic carbocycles. The number of nitrogens with one attached hydrogen (secondary N) is 1. The smallest absolute Gasteiger partial charge is 0.306 e. The molecule has 0 aromatic heterocycles. The zero-order valence-electron chi connectivity index (χ0n) is 33.0. The molecule has 0 aliphatic rings. The van der Waals surface area contributed by atoms with Gasteiger partial charge in [-0.3, -0.25) is 9.59 Å². The molecule has 3 unspecified atom stereocenters. The van der Waals surface area contributed by atoms with E-state index in [9.17, 15) is 19.8 Å². The minimum atomic E-state index is -0.803. The Labute approximate surface area is 313 Å². The quantitative estimate of drug-likeness (QED) is 0.0263. The highest BCUT2D eigenvalue weighted by Gasteiger charge is 2.24. The molecule has 3 atom stereocenters. The first-order valence-electron chi connectivity index (χ1n) is 20.7. The molecule has 1 amide bonds. The van der Waals surface area contributed by atoms with E-state index in [0.717, 1.165) is 64.2 Å². The lowest BCUT2D eigenvalue weighted by atomic mass is 10.0. The molecule has 6 nitrogen and oxygen atoms in total. The summed E-state index contributed by atoms with van der Waals surface area (Å²) >= 11 is 0. The summed E-state index contributed by atoms with van der Waals surface area (Å²) < 4.78 is 5.82. The Morgan fingerprint density at radius 2 is 1.10 bits per heavy atom. The van der Waals surface area contributed by atoms with Gasteiger partial charge in [0.1, 0.15) is 6.10 Å². The number of rotatable bonds is 35. The van der Waals surface area contributed by atoms with E-state index in [0.29, 0.717) is 25.7 Å². The van der Waals surface area contributed by atoms with Crippen molar-refractivity contribution in [1.82, 2.24) is 5.32 Å². The first-order valence-corrected chi connectivity index (χ1v) is 20.7. The van der Waals surface area contributed by atoms with Gasteiger partial charge in [-0.2, -0.15) is 0 Å². The van der Waals surface area contributed by atoms with Crippen LogP contribution in [0.15, 0.2) is 72.9 Å². The zero-order chi connectivity index (χ0) is 37.5. The van der Waals surface area contributed by atoms with E-state index >= 15 is 0 Å².